The summed E-state index contributed by atoms with van der Waals surface area (Å²) in [7, 11) is 0. The van der Waals surface area contributed by atoms with Gasteiger partial charge in [0.15, 0.2) is 0 Å². The van der Waals surface area contributed by atoms with E-state index < -0.39 is 17.4 Å². The Hall–Kier alpha value is -2.53. The van der Waals surface area contributed by atoms with Crippen LogP contribution >= 0.6 is 11.6 Å². The number of aryl methyl sites for hydroxylation is 1. The van der Waals surface area contributed by atoms with E-state index in [2.05, 4.69) is 5.32 Å². The average Bonchev–Trinajstić information content (AvgIpc) is 2.90. The van der Waals surface area contributed by atoms with E-state index in [-0.39, 0.29) is 0 Å². The third-order valence-electron chi connectivity index (χ3n) is 3.43. The number of furan rings is 1. The van der Waals surface area contributed by atoms with Crippen LogP contribution in [0, 0.1) is 6.92 Å². The van der Waals surface area contributed by atoms with E-state index >= 15 is 0 Å². The van der Waals surface area contributed by atoms with E-state index in [1.165, 1.54) is 19.1 Å². The van der Waals surface area contributed by atoms with E-state index in [1.54, 1.807) is 43.3 Å². The predicted octanol–water partition coefficient (Wildman–Crippen LogP) is 2.77. The fourth-order valence-corrected chi connectivity index (χ4v) is 2.25. The lowest BCUT2D eigenvalue weighted by Gasteiger charge is -2.27. The van der Waals surface area contributed by atoms with Gasteiger partial charge in [-0.15, -0.1) is 0 Å². The molecule has 2 aromatic rings. The predicted molar refractivity (Wildman–Crippen MR) is 88.6 cm³/mol. The molecule has 120 valence electrons. The minimum Gasteiger partial charge on any atom is -0.462 e. The monoisotopic (exact) mass is 332 g/mol. The lowest BCUT2D eigenvalue weighted by atomic mass is 9.91. The van der Waals surface area contributed by atoms with Gasteiger partial charge < -0.3 is 15.5 Å². The van der Waals surface area contributed by atoms with Gasteiger partial charge in [0.25, 0.3) is 0 Å². The zero-order chi connectivity index (χ0) is 17.0. The second-order valence-corrected chi connectivity index (χ2v) is 5.71. The average molecular weight is 333 g/mol. The van der Waals surface area contributed by atoms with Gasteiger partial charge in [-0.2, -0.15) is 0 Å². The maximum absolute atomic E-state index is 12.1. The van der Waals surface area contributed by atoms with Crippen molar-refractivity contribution in [3.05, 3.63) is 64.6 Å². The van der Waals surface area contributed by atoms with Gasteiger partial charge in [0.1, 0.15) is 17.1 Å². The Bertz CT molecular complexity index is 767. The van der Waals surface area contributed by atoms with E-state index in [4.69, 9.17) is 21.8 Å². The Morgan fingerprint density at radius 3 is 2.61 bits per heavy atom. The summed E-state index contributed by atoms with van der Waals surface area (Å²) in [6, 6.07) is 10.2. The van der Waals surface area contributed by atoms with Crippen molar-refractivity contribution in [2.45, 2.75) is 19.4 Å². The van der Waals surface area contributed by atoms with E-state index in [0.29, 0.717) is 16.3 Å². The number of rotatable bonds is 5. The third-order valence-corrected chi connectivity index (χ3v) is 3.66. The first-order chi connectivity index (χ1) is 10.8. The summed E-state index contributed by atoms with van der Waals surface area (Å²) in [5, 5.41) is 3.06. The van der Waals surface area contributed by atoms with Gasteiger partial charge in [0, 0.05) is 11.1 Å². The first-order valence-corrected chi connectivity index (χ1v) is 7.31. The normalized spacial score (nSPS) is 13.7. The van der Waals surface area contributed by atoms with Crippen molar-refractivity contribution < 1.29 is 14.0 Å². The van der Waals surface area contributed by atoms with Gasteiger partial charge in [-0.1, -0.05) is 23.7 Å². The Labute approximate surface area is 139 Å². The number of primary amides is 1. The van der Waals surface area contributed by atoms with Crippen LogP contribution in [0.15, 0.2) is 46.9 Å². The topological polar surface area (TPSA) is 85.3 Å². The molecule has 23 heavy (non-hydrogen) atoms. The van der Waals surface area contributed by atoms with Gasteiger partial charge in [0.05, 0.1) is 0 Å². The lowest BCUT2D eigenvalue weighted by Crippen LogP contribution is -2.52. The molecule has 0 fully saturated rings. The highest BCUT2D eigenvalue weighted by molar-refractivity contribution is 6.30. The molecule has 0 saturated carbocycles. The van der Waals surface area contributed by atoms with Crippen LogP contribution in [0.1, 0.15) is 24.0 Å². The minimum atomic E-state index is -1.37. The number of hydrogen-bond donors (Lipinski definition) is 2. The molecule has 3 N–H and O–H groups in total. The highest BCUT2D eigenvalue weighted by atomic mass is 35.5. The molecule has 0 saturated heterocycles. The van der Waals surface area contributed by atoms with Crippen LogP contribution in [0.4, 0.5) is 0 Å². The highest BCUT2D eigenvalue weighted by Crippen LogP contribution is 2.23. The number of halogens is 1. The van der Waals surface area contributed by atoms with Crippen LogP contribution in [-0.2, 0) is 15.1 Å². The summed E-state index contributed by atoms with van der Waals surface area (Å²) in [6.45, 7) is 3.34. The van der Waals surface area contributed by atoms with Crippen molar-refractivity contribution in [2.75, 3.05) is 0 Å². The van der Waals surface area contributed by atoms with Crippen molar-refractivity contribution >= 4 is 29.5 Å². The Morgan fingerprint density at radius 2 is 2.04 bits per heavy atom. The van der Waals surface area contributed by atoms with E-state index in [9.17, 15) is 9.59 Å². The molecule has 0 aliphatic heterocycles. The van der Waals surface area contributed by atoms with Crippen molar-refractivity contribution in [3.63, 3.8) is 0 Å². The molecule has 0 aliphatic carbocycles. The fourth-order valence-electron chi connectivity index (χ4n) is 2.06. The Kier molecular flexibility index (Phi) is 4.91. The zero-order valence-corrected chi connectivity index (χ0v) is 13.6. The maximum Gasteiger partial charge on any atom is 0.247 e. The van der Waals surface area contributed by atoms with Gasteiger partial charge in [-0.25, -0.2) is 0 Å². The number of nitrogens with two attached hydrogens (primary N) is 1. The molecule has 5 nitrogen and oxygen atoms in total. The molecule has 2 amide bonds. The van der Waals surface area contributed by atoms with Crippen molar-refractivity contribution in [3.8, 4) is 0 Å². The number of nitrogens with one attached hydrogen (secondary N) is 1. The summed E-state index contributed by atoms with van der Waals surface area (Å²) in [5.41, 5.74) is 4.61. The molecule has 0 aliphatic rings. The molecular formula is C17H17ClN2O3. The summed E-state index contributed by atoms with van der Waals surface area (Å²) < 4.78 is 5.34. The molecule has 0 spiro atoms. The second-order valence-electron chi connectivity index (χ2n) is 5.27. The second kappa shape index (κ2) is 6.71. The first-order valence-electron chi connectivity index (χ1n) is 6.94. The lowest BCUT2D eigenvalue weighted by molar-refractivity contribution is -0.129. The van der Waals surface area contributed by atoms with Crippen LogP contribution in [0.3, 0.4) is 0 Å². The molecule has 1 aromatic heterocycles. The molecular weight excluding hydrogens is 316 g/mol. The van der Waals surface area contributed by atoms with Gasteiger partial charge in [-0.05, 0) is 49.8 Å². The SMILES string of the molecule is Cc1ccc(C=CC(=O)NC(C)(C(N)=O)c2cccc(Cl)c2)o1. The maximum atomic E-state index is 12.1. The smallest absolute Gasteiger partial charge is 0.247 e. The first kappa shape index (κ1) is 16.8. The quantitative estimate of drug-likeness (QED) is 0.825. The van der Waals surface area contributed by atoms with Crippen molar-refractivity contribution in [2.24, 2.45) is 5.73 Å². The molecule has 1 heterocycles. The number of carbonyl (C=O) groups excluding carboxylic acids is 2. The van der Waals surface area contributed by atoms with Crippen LogP contribution < -0.4 is 11.1 Å². The zero-order valence-electron chi connectivity index (χ0n) is 12.8. The molecule has 6 heteroatoms. The molecule has 0 radical (unpaired) electrons. The number of hydrogen-bond acceptors (Lipinski definition) is 3. The fraction of sp³-hybridized carbons (Fsp3) is 0.176. The molecule has 1 aromatic carbocycles. The Morgan fingerprint density at radius 1 is 1.30 bits per heavy atom. The Balaban J connectivity index is 2.20. The van der Waals surface area contributed by atoms with Crippen LogP contribution in [0.5, 0.6) is 0 Å². The van der Waals surface area contributed by atoms with Crippen molar-refractivity contribution in [1.29, 1.82) is 0 Å². The molecule has 0 bridgehead atoms. The van der Waals surface area contributed by atoms with Crippen LogP contribution in [-0.4, -0.2) is 11.8 Å². The van der Waals surface area contributed by atoms with E-state index in [1.807, 2.05) is 0 Å². The number of carbonyl (C=O) groups is 2. The third kappa shape index (κ3) is 4.02. The summed E-state index contributed by atoms with van der Waals surface area (Å²) in [6.07, 6.45) is 2.80. The standard InChI is InChI=1S/C17H17ClN2O3/c1-11-6-7-14(23-11)8-9-15(21)20-17(2,16(19)22)12-4-3-5-13(18)10-12/h3-10H,1-2H3,(H2,19,22)(H,20,21). The van der Waals surface area contributed by atoms with E-state index in [0.717, 1.165) is 5.76 Å². The van der Waals surface area contributed by atoms with Crippen LogP contribution in [0.25, 0.3) is 6.08 Å². The van der Waals surface area contributed by atoms with Gasteiger partial charge in [-0.3, -0.25) is 9.59 Å². The number of benzene rings is 1. The highest BCUT2D eigenvalue weighted by Gasteiger charge is 2.34. The van der Waals surface area contributed by atoms with Gasteiger partial charge >= 0.3 is 0 Å². The minimum absolute atomic E-state index is 0.450. The summed E-state index contributed by atoms with van der Waals surface area (Å²) >= 11 is 5.94. The number of amides is 2. The summed E-state index contributed by atoms with van der Waals surface area (Å²) in [5.74, 6) is 0.128. The largest absolute Gasteiger partial charge is 0.462 e. The molecule has 2 rings (SSSR count). The molecule has 1 unspecified atom stereocenters. The van der Waals surface area contributed by atoms with Gasteiger partial charge in [0.2, 0.25) is 11.8 Å². The van der Waals surface area contributed by atoms with Crippen LogP contribution in [0.2, 0.25) is 5.02 Å². The molecule has 1 atom stereocenters. The van der Waals surface area contributed by atoms with Crippen molar-refractivity contribution in [1.82, 2.24) is 5.32 Å². The summed E-state index contributed by atoms with van der Waals surface area (Å²) in [4.78, 5) is 24.0.